The molecule has 0 unspecified atom stereocenters. The van der Waals surface area contributed by atoms with Crippen molar-refractivity contribution in [3.63, 3.8) is 0 Å². The lowest BCUT2D eigenvalue weighted by molar-refractivity contribution is -0.202. The largest absolute Gasteiger partial charge is 0.463 e. The summed E-state index contributed by atoms with van der Waals surface area (Å²) in [6.07, 6.45) is -5.36. The molecule has 0 saturated carbocycles. The highest BCUT2D eigenvalue weighted by Gasteiger charge is 2.64. The van der Waals surface area contributed by atoms with Gasteiger partial charge in [0.05, 0.1) is 11.5 Å². The van der Waals surface area contributed by atoms with Crippen LogP contribution in [0.15, 0.2) is 59.5 Å². The minimum absolute atomic E-state index is 0.119. The summed E-state index contributed by atoms with van der Waals surface area (Å²) in [5, 5.41) is 1.98. The number of anilines is 1. The molecular weight excluding hydrogens is 397 g/mol. The third-order valence-corrected chi connectivity index (χ3v) is 5.20. The molecule has 6 nitrogen and oxygen atoms in total. The first kappa shape index (κ1) is 21.7. The van der Waals surface area contributed by atoms with Crippen LogP contribution in [0.2, 0.25) is 0 Å². The summed E-state index contributed by atoms with van der Waals surface area (Å²) in [7, 11) is -4.73. The smallest absolute Gasteiger partial charge is 0.437 e. The quantitative estimate of drug-likeness (QED) is 0.535. The molecule has 0 aromatic heterocycles. The van der Waals surface area contributed by atoms with Gasteiger partial charge in [0, 0.05) is 5.69 Å². The van der Waals surface area contributed by atoms with E-state index in [4.69, 9.17) is 0 Å². The standard InChI is InChI=1S/C18H19F3N2O4S/c1-3-27-16(24)17(18(19,20)21,22-14-11-9-13(2)10-12-14)23-28(25,26)15-7-5-4-6-8-15/h4-12,22-23H,3H2,1-2H3/t17-/m1/s1. The number of benzene rings is 2. The first-order valence-electron chi connectivity index (χ1n) is 8.19. The summed E-state index contributed by atoms with van der Waals surface area (Å²) in [6.45, 7) is 2.67. The maximum absolute atomic E-state index is 14.1. The topological polar surface area (TPSA) is 84.5 Å². The Bertz CT molecular complexity index is 916. The van der Waals surface area contributed by atoms with E-state index in [1.807, 2.05) is 5.32 Å². The molecule has 28 heavy (non-hydrogen) atoms. The average Bonchev–Trinajstić information content (AvgIpc) is 2.63. The number of ether oxygens (including phenoxy) is 1. The normalized spacial score (nSPS) is 14.2. The molecule has 0 aliphatic carbocycles. The highest BCUT2D eigenvalue weighted by Crippen LogP contribution is 2.34. The molecule has 2 aromatic rings. The Kier molecular flexibility index (Phi) is 6.35. The van der Waals surface area contributed by atoms with Crippen LogP contribution in [0.4, 0.5) is 18.9 Å². The number of aryl methyl sites for hydroxylation is 1. The van der Waals surface area contributed by atoms with Crippen LogP contribution in [0.25, 0.3) is 0 Å². The summed E-state index contributed by atoms with van der Waals surface area (Å²) in [4.78, 5) is 11.9. The molecular formula is C18H19F3N2O4S. The third-order valence-electron chi connectivity index (χ3n) is 3.73. The Hall–Kier alpha value is -2.59. The Balaban J connectivity index is 2.58. The summed E-state index contributed by atoms with van der Waals surface area (Å²) in [6, 6.07) is 12.1. The predicted octanol–water partition coefficient (Wildman–Crippen LogP) is 3.21. The van der Waals surface area contributed by atoms with E-state index in [-0.39, 0.29) is 12.3 Å². The summed E-state index contributed by atoms with van der Waals surface area (Å²) in [5.74, 6) is -1.82. The van der Waals surface area contributed by atoms with Gasteiger partial charge in [-0.25, -0.2) is 13.2 Å². The Morgan fingerprint density at radius 1 is 1.04 bits per heavy atom. The van der Waals surface area contributed by atoms with Crippen LogP contribution in [0.1, 0.15) is 12.5 Å². The minimum Gasteiger partial charge on any atom is -0.463 e. The van der Waals surface area contributed by atoms with E-state index in [1.54, 1.807) is 6.92 Å². The van der Waals surface area contributed by atoms with Gasteiger partial charge in [-0.1, -0.05) is 35.9 Å². The number of nitrogens with one attached hydrogen (secondary N) is 2. The molecule has 2 aromatic carbocycles. The number of hydrogen-bond donors (Lipinski definition) is 2. The zero-order chi connectivity index (χ0) is 21.0. The number of carbonyl (C=O) groups is 1. The van der Waals surface area contributed by atoms with Crippen molar-refractivity contribution in [2.24, 2.45) is 0 Å². The summed E-state index contributed by atoms with van der Waals surface area (Å²) in [5.41, 5.74) is -3.07. The van der Waals surface area contributed by atoms with Crippen LogP contribution in [-0.4, -0.2) is 32.8 Å². The van der Waals surface area contributed by atoms with Crippen molar-refractivity contribution in [2.45, 2.75) is 30.6 Å². The average molecular weight is 416 g/mol. The number of halogens is 3. The number of carbonyl (C=O) groups excluding carboxylic acids is 1. The van der Waals surface area contributed by atoms with Crippen LogP contribution >= 0.6 is 0 Å². The SMILES string of the molecule is CCOC(=O)[C@@](Nc1ccc(C)cc1)(NS(=O)(=O)c1ccccc1)C(F)(F)F. The van der Waals surface area contributed by atoms with Gasteiger partial charge < -0.3 is 10.1 Å². The number of alkyl halides is 3. The second-order valence-electron chi connectivity index (χ2n) is 5.88. The van der Waals surface area contributed by atoms with Gasteiger partial charge in [-0.3, -0.25) is 0 Å². The van der Waals surface area contributed by atoms with Gasteiger partial charge in [-0.05, 0) is 38.1 Å². The van der Waals surface area contributed by atoms with E-state index in [0.717, 1.165) is 17.7 Å². The highest BCUT2D eigenvalue weighted by atomic mass is 32.2. The van der Waals surface area contributed by atoms with Crippen molar-refractivity contribution in [1.82, 2.24) is 4.72 Å². The molecule has 2 N–H and O–H groups in total. The maximum atomic E-state index is 14.1. The lowest BCUT2D eigenvalue weighted by atomic mass is 10.1. The van der Waals surface area contributed by atoms with Crippen molar-refractivity contribution in [1.29, 1.82) is 0 Å². The number of hydrogen-bond acceptors (Lipinski definition) is 5. The van der Waals surface area contributed by atoms with E-state index in [1.165, 1.54) is 54.1 Å². The van der Waals surface area contributed by atoms with Gasteiger partial charge in [0.15, 0.2) is 0 Å². The van der Waals surface area contributed by atoms with Gasteiger partial charge in [-0.2, -0.15) is 17.9 Å². The number of sulfonamides is 1. The zero-order valence-electron chi connectivity index (χ0n) is 15.1. The van der Waals surface area contributed by atoms with E-state index >= 15 is 0 Å². The van der Waals surface area contributed by atoms with Crippen molar-refractivity contribution in [3.8, 4) is 0 Å². The molecule has 0 spiro atoms. The maximum Gasteiger partial charge on any atom is 0.437 e. The van der Waals surface area contributed by atoms with Crippen LogP contribution in [0, 0.1) is 6.92 Å². The van der Waals surface area contributed by atoms with Gasteiger partial charge >= 0.3 is 12.1 Å². The van der Waals surface area contributed by atoms with Crippen LogP contribution in [-0.2, 0) is 19.6 Å². The van der Waals surface area contributed by atoms with Crippen molar-refractivity contribution in [3.05, 3.63) is 60.2 Å². The molecule has 0 radical (unpaired) electrons. The van der Waals surface area contributed by atoms with Gasteiger partial charge in [-0.15, -0.1) is 0 Å². The summed E-state index contributed by atoms with van der Waals surface area (Å²) >= 11 is 0. The fraction of sp³-hybridized carbons (Fsp3) is 0.278. The van der Waals surface area contributed by atoms with E-state index in [0.29, 0.717) is 0 Å². The van der Waals surface area contributed by atoms with Crippen LogP contribution in [0.3, 0.4) is 0 Å². The first-order valence-corrected chi connectivity index (χ1v) is 9.68. The van der Waals surface area contributed by atoms with Gasteiger partial charge in [0.2, 0.25) is 10.0 Å². The minimum atomic E-state index is -5.36. The molecule has 10 heteroatoms. The van der Waals surface area contributed by atoms with Crippen LogP contribution in [0.5, 0.6) is 0 Å². The third kappa shape index (κ3) is 4.63. The van der Waals surface area contributed by atoms with Crippen LogP contribution < -0.4 is 10.0 Å². The van der Waals surface area contributed by atoms with Crippen molar-refractivity contribution < 1.29 is 31.1 Å². The Morgan fingerprint density at radius 2 is 1.61 bits per heavy atom. The van der Waals surface area contributed by atoms with Gasteiger partial charge in [0.25, 0.3) is 5.66 Å². The molecule has 152 valence electrons. The first-order chi connectivity index (χ1) is 13.0. The van der Waals surface area contributed by atoms with Crippen molar-refractivity contribution >= 4 is 21.7 Å². The van der Waals surface area contributed by atoms with E-state index < -0.39 is 32.7 Å². The Morgan fingerprint density at radius 3 is 2.11 bits per heavy atom. The van der Waals surface area contributed by atoms with Crippen molar-refractivity contribution in [2.75, 3.05) is 11.9 Å². The van der Waals surface area contributed by atoms with Gasteiger partial charge in [0.1, 0.15) is 0 Å². The molecule has 0 fully saturated rings. The van der Waals surface area contributed by atoms with E-state index in [9.17, 15) is 26.4 Å². The zero-order valence-corrected chi connectivity index (χ0v) is 15.9. The monoisotopic (exact) mass is 416 g/mol. The molecule has 0 saturated heterocycles. The molecule has 0 heterocycles. The molecule has 0 aliphatic heterocycles. The second-order valence-corrected chi connectivity index (χ2v) is 7.56. The highest BCUT2D eigenvalue weighted by molar-refractivity contribution is 7.89. The second kappa shape index (κ2) is 8.19. The lowest BCUT2D eigenvalue weighted by Crippen LogP contribution is -2.69. The molecule has 1 atom stereocenters. The van der Waals surface area contributed by atoms with E-state index in [2.05, 4.69) is 4.74 Å². The fourth-order valence-electron chi connectivity index (χ4n) is 2.32. The molecule has 2 rings (SSSR count). The number of rotatable bonds is 7. The fourth-order valence-corrected chi connectivity index (χ4v) is 3.60. The Labute approximate surface area is 160 Å². The molecule has 0 bridgehead atoms. The molecule has 0 aliphatic rings. The summed E-state index contributed by atoms with van der Waals surface area (Å²) < 4.78 is 73.4. The number of esters is 1. The molecule has 0 amide bonds. The lowest BCUT2D eigenvalue weighted by Gasteiger charge is -2.35. The predicted molar refractivity (Wildman–Crippen MR) is 97.0 cm³/mol.